The molecule has 2 aromatic heterocycles. The van der Waals surface area contributed by atoms with E-state index in [1.165, 1.54) is 6.20 Å². The summed E-state index contributed by atoms with van der Waals surface area (Å²) in [5.41, 5.74) is -2.72. The van der Waals surface area contributed by atoms with Gasteiger partial charge in [0.15, 0.2) is 5.82 Å². The fourth-order valence-corrected chi connectivity index (χ4v) is 1.65. The quantitative estimate of drug-likeness (QED) is 0.855. The van der Waals surface area contributed by atoms with E-state index in [1.807, 2.05) is 20.8 Å². The number of hydrogen-bond acceptors (Lipinski definition) is 4. The van der Waals surface area contributed by atoms with E-state index in [0.717, 1.165) is 16.7 Å². The third kappa shape index (κ3) is 3.32. The Morgan fingerprint density at radius 2 is 1.95 bits per heavy atom. The lowest BCUT2D eigenvalue weighted by Crippen LogP contribution is -2.28. The molecule has 0 aliphatic carbocycles. The van der Waals surface area contributed by atoms with E-state index in [-0.39, 0.29) is 17.8 Å². The number of hydrogen-bond donors (Lipinski definition) is 0. The van der Waals surface area contributed by atoms with Crippen molar-refractivity contribution in [3.05, 3.63) is 46.0 Å². The highest BCUT2D eigenvalue weighted by Crippen LogP contribution is 2.26. The Bertz CT molecular complexity index is 696. The summed E-state index contributed by atoms with van der Waals surface area (Å²) < 4.78 is 43.9. The number of halogens is 3. The molecular weight excluding hydrogens is 287 g/mol. The van der Waals surface area contributed by atoms with Gasteiger partial charge in [-0.05, 0) is 12.1 Å². The molecule has 21 heavy (non-hydrogen) atoms. The van der Waals surface area contributed by atoms with Crippen molar-refractivity contribution in [1.29, 1.82) is 0 Å². The Labute approximate surface area is 118 Å². The fraction of sp³-hybridized carbons (Fsp3) is 0.462. The topological polar surface area (TPSA) is 60.9 Å². The highest BCUT2D eigenvalue weighted by Gasteiger charge is 2.34. The van der Waals surface area contributed by atoms with Gasteiger partial charge in [-0.1, -0.05) is 25.9 Å². The van der Waals surface area contributed by atoms with Gasteiger partial charge in [-0.2, -0.15) is 18.2 Å². The standard InChI is InChI=1S/C13H14F3N3O2/c1-12(2,3)11-17-9(18-21-11)7-19-6-4-5-8(10(19)20)13(14,15)16/h4-6H,7H2,1-3H3. The minimum absolute atomic E-state index is 0.154. The van der Waals surface area contributed by atoms with Crippen molar-refractivity contribution < 1.29 is 17.7 Å². The van der Waals surface area contributed by atoms with E-state index in [1.54, 1.807) is 0 Å². The van der Waals surface area contributed by atoms with Crippen LogP contribution in [0, 0.1) is 0 Å². The molecule has 0 N–H and O–H groups in total. The number of alkyl halides is 3. The Morgan fingerprint density at radius 1 is 1.29 bits per heavy atom. The van der Waals surface area contributed by atoms with Crippen LogP contribution in [0.2, 0.25) is 0 Å². The predicted molar refractivity (Wildman–Crippen MR) is 67.8 cm³/mol. The molecule has 0 bridgehead atoms. The van der Waals surface area contributed by atoms with Gasteiger partial charge in [0, 0.05) is 11.6 Å². The van der Waals surface area contributed by atoms with E-state index >= 15 is 0 Å². The molecule has 0 saturated carbocycles. The van der Waals surface area contributed by atoms with Gasteiger partial charge in [0.05, 0.1) is 6.54 Å². The first-order valence-electron chi connectivity index (χ1n) is 6.19. The minimum atomic E-state index is -4.69. The molecule has 8 heteroatoms. The number of nitrogens with zero attached hydrogens (tertiary/aromatic N) is 3. The summed E-state index contributed by atoms with van der Waals surface area (Å²) in [7, 11) is 0. The van der Waals surface area contributed by atoms with E-state index < -0.39 is 17.3 Å². The highest BCUT2D eigenvalue weighted by molar-refractivity contribution is 5.14. The zero-order valence-corrected chi connectivity index (χ0v) is 11.7. The maximum atomic E-state index is 12.7. The molecule has 0 fully saturated rings. The van der Waals surface area contributed by atoms with E-state index in [2.05, 4.69) is 10.1 Å². The molecule has 0 aromatic carbocycles. The zero-order valence-electron chi connectivity index (χ0n) is 11.7. The molecule has 0 aliphatic heterocycles. The summed E-state index contributed by atoms with van der Waals surface area (Å²) in [4.78, 5) is 15.9. The van der Waals surface area contributed by atoms with Gasteiger partial charge < -0.3 is 9.09 Å². The summed E-state index contributed by atoms with van der Waals surface area (Å²) >= 11 is 0. The Kier molecular flexibility index (Phi) is 3.65. The smallest absolute Gasteiger partial charge is 0.339 e. The molecule has 2 heterocycles. The van der Waals surface area contributed by atoms with Crippen molar-refractivity contribution in [2.75, 3.05) is 0 Å². The van der Waals surface area contributed by atoms with Crippen LogP contribution in [0.1, 0.15) is 38.0 Å². The molecule has 0 spiro atoms. The summed E-state index contributed by atoms with van der Waals surface area (Å²) in [5, 5.41) is 3.68. The van der Waals surface area contributed by atoms with Gasteiger partial charge >= 0.3 is 6.18 Å². The van der Waals surface area contributed by atoms with Crippen LogP contribution in [-0.4, -0.2) is 14.7 Å². The highest BCUT2D eigenvalue weighted by atomic mass is 19.4. The molecule has 114 valence electrons. The van der Waals surface area contributed by atoms with Crippen molar-refractivity contribution in [3.63, 3.8) is 0 Å². The largest absolute Gasteiger partial charge is 0.421 e. The molecule has 0 radical (unpaired) electrons. The van der Waals surface area contributed by atoms with Crippen LogP contribution < -0.4 is 5.56 Å². The Hall–Kier alpha value is -2.12. The van der Waals surface area contributed by atoms with Gasteiger partial charge in [-0.3, -0.25) is 4.79 Å². The lowest BCUT2D eigenvalue weighted by molar-refractivity contribution is -0.138. The molecule has 0 unspecified atom stereocenters. The Morgan fingerprint density at radius 3 is 2.48 bits per heavy atom. The van der Waals surface area contributed by atoms with Gasteiger partial charge in [0.25, 0.3) is 5.56 Å². The van der Waals surface area contributed by atoms with Crippen LogP contribution in [0.15, 0.2) is 27.6 Å². The van der Waals surface area contributed by atoms with Crippen LogP contribution in [0.5, 0.6) is 0 Å². The van der Waals surface area contributed by atoms with Crippen molar-refractivity contribution in [2.45, 2.75) is 38.9 Å². The maximum absolute atomic E-state index is 12.7. The molecule has 2 rings (SSSR count). The first kappa shape index (κ1) is 15.3. The van der Waals surface area contributed by atoms with Crippen LogP contribution in [-0.2, 0) is 18.1 Å². The molecule has 0 aliphatic rings. The molecule has 0 amide bonds. The van der Waals surface area contributed by atoms with Crippen molar-refractivity contribution in [2.24, 2.45) is 0 Å². The van der Waals surface area contributed by atoms with E-state index in [0.29, 0.717) is 5.89 Å². The monoisotopic (exact) mass is 301 g/mol. The Balaban J connectivity index is 2.33. The van der Waals surface area contributed by atoms with Crippen LogP contribution in [0.4, 0.5) is 13.2 Å². The first-order chi connectivity index (χ1) is 9.59. The molecule has 2 aromatic rings. The van der Waals surface area contributed by atoms with Crippen LogP contribution >= 0.6 is 0 Å². The molecule has 5 nitrogen and oxygen atoms in total. The average molecular weight is 301 g/mol. The van der Waals surface area contributed by atoms with Gasteiger partial charge in [-0.25, -0.2) is 0 Å². The maximum Gasteiger partial charge on any atom is 0.421 e. The molecule has 0 saturated heterocycles. The first-order valence-corrected chi connectivity index (χ1v) is 6.19. The third-order valence-corrected chi connectivity index (χ3v) is 2.75. The lowest BCUT2D eigenvalue weighted by Gasteiger charge is -2.10. The predicted octanol–water partition coefficient (Wildman–Crippen LogP) is 2.60. The van der Waals surface area contributed by atoms with E-state index in [9.17, 15) is 18.0 Å². The fourth-order valence-electron chi connectivity index (χ4n) is 1.65. The van der Waals surface area contributed by atoms with Crippen molar-refractivity contribution >= 4 is 0 Å². The van der Waals surface area contributed by atoms with Crippen LogP contribution in [0.3, 0.4) is 0 Å². The number of pyridine rings is 1. The van der Waals surface area contributed by atoms with E-state index in [4.69, 9.17) is 4.52 Å². The minimum Gasteiger partial charge on any atom is -0.339 e. The summed E-state index contributed by atoms with van der Waals surface area (Å²) in [6.45, 7) is 5.41. The normalized spacial score (nSPS) is 12.7. The van der Waals surface area contributed by atoms with Crippen molar-refractivity contribution in [1.82, 2.24) is 14.7 Å². The number of rotatable bonds is 2. The molecular formula is C13H14F3N3O2. The summed E-state index contributed by atoms with van der Waals surface area (Å²) in [5.74, 6) is 0.513. The van der Waals surface area contributed by atoms with Gasteiger partial charge in [0.1, 0.15) is 5.56 Å². The second-order valence-electron chi connectivity index (χ2n) is 5.62. The lowest BCUT2D eigenvalue weighted by atomic mass is 9.97. The molecule has 0 atom stereocenters. The SMILES string of the molecule is CC(C)(C)c1nc(Cn2cccc(C(F)(F)F)c2=O)no1. The van der Waals surface area contributed by atoms with Gasteiger partial charge in [-0.15, -0.1) is 0 Å². The van der Waals surface area contributed by atoms with Crippen LogP contribution in [0.25, 0.3) is 0 Å². The van der Waals surface area contributed by atoms with Crippen molar-refractivity contribution in [3.8, 4) is 0 Å². The van der Waals surface area contributed by atoms with Gasteiger partial charge in [0.2, 0.25) is 5.89 Å². The summed E-state index contributed by atoms with van der Waals surface area (Å²) in [6, 6.07) is 1.91. The second kappa shape index (κ2) is 5.01. The number of aromatic nitrogens is 3. The average Bonchev–Trinajstić information content (AvgIpc) is 2.78. The second-order valence-corrected chi connectivity index (χ2v) is 5.62. The third-order valence-electron chi connectivity index (χ3n) is 2.75. The zero-order chi connectivity index (χ0) is 15.8. The summed E-state index contributed by atoms with van der Waals surface area (Å²) in [6.07, 6.45) is -3.43.